The molecule has 0 amide bonds. The van der Waals surface area contributed by atoms with Gasteiger partial charge in [0.2, 0.25) is 0 Å². The lowest BCUT2D eigenvalue weighted by atomic mass is 10.1. The molecule has 24 heavy (non-hydrogen) atoms. The molecule has 2 aromatic rings. The van der Waals surface area contributed by atoms with Gasteiger partial charge in [-0.25, -0.2) is 4.68 Å². The van der Waals surface area contributed by atoms with Crippen LogP contribution in [0.5, 0.6) is 0 Å². The number of anilines is 1. The van der Waals surface area contributed by atoms with Crippen LogP contribution < -0.4 is 10.5 Å². The van der Waals surface area contributed by atoms with Crippen molar-refractivity contribution >= 4 is 5.69 Å². The molecule has 0 spiro atoms. The fraction of sp³-hybridized carbons (Fsp3) is 0.500. The van der Waals surface area contributed by atoms with Gasteiger partial charge in [-0.3, -0.25) is 9.78 Å². The summed E-state index contributed by atoms with van der Waals surface area (Å²) in [6.45, 7) is 4.69. The molecule has 1 aliphatic rings. The van der Waals surface area contributed by atoms with E-state index in [2.05, 4.69) is 33.0 Å². The lowest BCUT2D eigenvalue weighted by Gasteiger charge is -2.22. The standard InChI is InChI=1S/C18H25N5O/c1-21-8-4-9-22(12-11-21)17-13-18(24)23(20-15-17)10-3-6-16-5-2-7-19-14-16/h2,5,7,13-15H,3-4,6,8-12H2,1H3. The molecule has 0 radical (unpaired) electrons. The maximum Gasteiger partial charge on any atom is 0.268 e. The molecule has 1 aliphatic heterocycles. The summed E-state index contributed by atoms with van der Waals surface area (Å²) >= 11 is 0. The highest BCUT2D eigenvalue weighted by Crippen LogP contribution is 2.12. The Hall–Kier alpha value is -2.21. The second-order valence-electron chi connectivity index (χ2n) is 6.38. The molecule has 3 heterocycles. The summed E-state index contributed by atoms with van der Waals surface area (Å²) in [5.41, 5.74) is 2.12. The van der Waals surface area contributed by atoms with Crippen LogP contribution in [0.2, 0.25) is 0 Å². The molecule has 0 N–H and O–H groups in total. The minimum Gasteiger partial charge on any atom is -0.369 e. The quantitative estimate of drug-likeness (QED) is 0.831. The van der Waals surface area contributed by atoms with Crippen LogP contribution in [0.1, 0.15) is 18.4 Å². The van der Waals surface area contributed by atoms with Crippen molar-refractivity contribution in [1.82, 2.24) is 19.7 Å². The molecule has 0 atom stereocenters. The number of aryl methyl sites for hydroxylation is 2. The number of aromatic nitrogens is 3. The third-order valence-electron chi connectivity index (χ3n) is 4.50. The van der Waals surface area contributed by atoms with Gasteiger partial charge in [0.1, 0.15) is 0 Å². The van der Waals surface area contributed by atoms with E-state index in [1.807, 2.05) is 18.5 Å². The highest BCUT2D eigenvalue weighted by atomic mass is 16.1. The number of rotatable bonds is 5. The predicted molar refractivity (Wildman–Crippen MR) is 95.4 cm³/mol. The molecular formula is C18H25N5O. The number of hydrogen-bond acceptors (Lipinski definition) is 5. The Kier molecular flexibility index (Phi) is 5.59. The Morgan fingerprint density at radius 2 is 2.08 bits per heavy atom. The Morgan fingerprint density at radius 1 is 1.17 bits per heavy atom. The highest BCUT2D eigenvalue weighted by Gasteiger charge is 2.13. The van der Waals surface area contributed by atoms with Crippen molar-refractivity contribution in [3.05, 3.63) is 52.7 Å². The van der Waals surface area contributed by atoms with Crippen LogP contribution in [-0.4, -0.2) is 52.9 Å². The summed E-state index contributed by atoms with van der Waals surface area (Å²) in [4.78, 5) is 21.0. The number of likely N-dealkylation sites (N-methyl/N-ethyl adjacent to an activating group) is 1. The van der Waals surface area contributed by atoms with Crippen LogP contribution in [0.15, 0.2) is 41.6 Å². The van der Waals surface area contributed by atoms with E-state index in [9.17, 15) is 4.79 Å². The number of nitrogens with zero attached hydrogens (tertiary/aromatic N) is 5. The molecule has 128 valence electrons. The minimum absolute atomic E-state index is 0.0173. The summed E-state index contributed by atoms with van der Waals surface area (Å²) in [7, 11) is 2.14. The number of hydrogen-bond donors (Lipinski definition) is 0. The van der Waals surface area contributed by atoms with E-state index < -0.39 is 0 Å². The van der Waals surface area contributed by atoms with E-state index in [0.717, 1.165) is 51.1 Å². The molecule has 6 heteroatoms. The molecule has 0 saturated carbocycles. The summed E-state index contributed by atoms with van der Waals surface area (Å²) in [6.07, 6.45) is 8.38. The molecule has 1 fully saturated rings. The number of pyridine rings is 1. The molecule has 0 unspecified atom stereocenters. The van der Waals surface area contributed by atoms with Crippen LogP contribution in [0.4, 0.5) is 5.69 Å². The van der Waals surface area contributed by atoms with Crippen molar-refractivity contribution in [2.45, 2.75) is 25.8 Å². The van der Waals surface area contributed by atoms with Gasteiger partial charge < -0.3 is 9.80 Å². The first-order chi connectivity index (χ1) is 11.7. The fourth-order valence-electron chi connectivity index (χ4n) is 3.05. The first-order valence-electron chi connectivity index (χ1n) is 8.62. The Labute approximate surface area is 142 Å². The first-order valence-corrected chi connectivity index (χ1v) is 8.62. The van der Waals surface area contributed by atoms with Crippen molar-refractivity contribution in [2.75, 3.05) is 38.1 Å². The van der Waals surface area contributed by atoms with E-state index in [1.54, 1.807) is 16.9 Å². The molecule has 6 nitrogen and oxygen atoms in total. The minimum atomic E-state index is -0.0173. The van der Waals surface area contributed by atoms with Crippen molar-refractivity contribution in [3.63, 3.8) is 0 Å². The van der Waals surface area contributed by atoms with E-state index in [4.69, 9.17) is 0 Å². The van der Waals surface area contributed by atoms with Gasteiger partial charge in [0.05, 0.1) is 11.9 Å². The topological polar surface area (TPSA) is 54.3 Å². The lowest BCUT2D eigenvalue weighted by molar-refractivity contribution is 0.360. The average molecular weight is 327 g/mol. The summed E-state index contributed by atoms with van der Waals surface area (Å²) in [5, 5.41) is 4.37. The zero-order valence-electron chi connectivity index (χ0n) is 14.3. The van der Waals surface area contributed by atoms with Crippen molar-refractivity contribution in [2.24, 2.45) is 0 Å². The van der Waals surface area contributed by atoms with Crippen LogP contribution in [0.3, 0.4) is 0 Å². The van der Waals surface area contributed by atoms with E-state index in [-0.39, 0.29) is 5.56 Å². The van der Waals surface area contributed by atoms with Gasteiger partial charge in [-0.15, -0.1) is 0 Å². The maximum absolute atomic E-state index is 12.3. The van der Waals surface area contributed by atoms with Crippen molar-refractivity contribution in [3.8, 4) is 0 Å². The van der Waals surface area contributed by atoms with Crippen molar-refractivity contribution in [1.29, 1.82) is 0 Å². The third-order valence-corrected chi connectivity index (χ3v) is 4.50. The van der Waals surface area contributed by atoms with E-state index >= 15 is 0 Å². The van der Waals surface area contributed by atoms with Gasteiger partial charge in [0, 0.05) is 44.6 Å². The smallest absolute Gasteiger partial charge is 0.268 e. The summed E-state index contributed by atoms with van der Waals surface area (Å²) in [5.74, 6) is 0. The Bertz CT molecular complexity index is 700. The SMILES string of the molecule is CN1CCCN(c2cnn(CCCc3cccnc3)c(=O)c2)CC1. The highest BCUT2D eigenvalue weighted by molar-refractivity contribution is 5.43. The third kappa shape index (κ3) is 4.41. The van der Waals surface area contributed by atoms with Gasteiger partial charge in [-0.1, -0.05) is 6.07 Å². The van der Waals surface area contributed by atoms with Crippen molar-refractivity contribution < 1.29 is 0 Å². The van der Waals surface area contributed by atoms with Gasteiger partial charge in [-0.2, -0.15) is 5.10 Å². The Morgan fingerprint density at radius 3 is 2.88 bits per heavy atom. The Balaban J connectivity index is 1.59. The molecular weight excluding hydrogens is 302 g/mol. The maximum atomic E-state index is 12.3. The van der Waals surface area contributed by atoms with Crippen LogP contribution in [0.25, 0.3) is 0 Å². The lowest BCUT2D eigenvalue weighted by Crippen LogP contribution is -2.31. The largest absolute Gasteiger partial charge is 0.369 e. The zero-order chi connectivity index (χ0) is 16.8. The summed E-state index contributed by atoms with van der Waals surface area (Å²) in [6, 6.07) is 5.72. The van der Waals surface area contributed by atoms with Gasteiger partial charge >= 0.3 is 0 Å². The molecule has 1 saturated heterocycles. The van der Waals surface area contributed by atoms with Crippen LogP contribution in [-0.2, 0) is 13.0 Å². The van der Waals surface area contributed by atoms with E-state index in [1.165, 1.54) is 5.56 Å². The fourth-order valence-corrected chi connectivity index (χ4v) is 3.05. The molecule has 0 aliphatic carbocycles. The van der Waals surface area contributed by atoms with Gasteiger partial charge in [0.25, 0.3) is 5.56 Å². The monoisotopic (exact) mass is 327 g/mol. The average Bonchev–Trinajstić information content (AvgIpc) is 2.82. The van der Waals surface area contributed by atoms with Crippen LogP contribution in [0, 0.1) is 0 Å². The van der Waals surface area contributed by atoms with Gasteiger partial charge in [-0.05, 0) is 44.5 Å². The zero-order valence-corrected chi connectivity index (χ0v) is 14.3. The first kappa shape index (κ1) is 16.6. The normalized spacial score (nSPS) is 16.1. The molecule has 3 rings (SSSR count). The molecule has 0 aromatic carbocycles. The second kappa shape index (κ2) is 8.06. The van der Waals surface area contributed by atoms with Gasteiger partial charge in [0.15, 0.2) is 0 Å². The summed E-state index contributed by atoms with van der Waals surface area (Å²) < 4.78 is 1.56. The molecule has 2 aromatic heterocycles. The predicted octanol–water partition coefficient (Wildman–Crippen LogP) is 1.41. The molecule has 0 bridgehead atoms. The second-order valence-corrected chi connectivity index (χ2v) is 6.38. The van der Waals surface area contributed by atoms with Crippen LogP contribution >= 0.6 is 0 Å². The van der Waals surface area contributed by atoms with E-state index in [0.29, 0.717) is 6.54 Å².